The van der Waals surface area contributed by atoms with E-state index in [4.69, 9.17) is 0 Å². The van der Waals surface area contributed by atoms with Gasteiger partial charge in [-0.1, -0.05) is 6.07 Å². The highest BCUT2D eigenvalue weighted by Gasteiger charge is 2.38. The van der Waals surface area contributed by atoms with E-state index in [1.807, 2.05) is 0 Å². The summed E-state index contributed by atoms with van der Waals surface area (Å²) < 4.78 is 0. The van der Waals surface area contributed by atoms with Gasteiger partial charge in [-0.2, -0.15) is 0 Å². The predicted molar refractivity (Wildman–Crippen MR) is 63.9 cm³/mol. The van der Waals surface area contributed by atoms with Crippen LogP contribution in [0.4, 0.5) is 0 Å². The molecular weight excluding hydrogens is 262 g/mol. The molecule has 0 radical (unpaired) electrons. The summed E-state index contributed by atoms with van der Waals surface area (Å²) in [5.41, 5.74) is 0. The van der Waals surface area contributed by atoms with Gasteiger partial charge >= 0.3 is 5.97 Å². The Kier molecular flexibility index (Phi) is 3.49. The zero-order valence-corrected chi connectivity index (χ0v) is 10.3. The Balaban J connectivity index is 2.36. The van der Waals surface area contributed by atoms with Crippen molar-refractivity contribution in [3.05, 3.63) is 22.4 Å². The first-order valence-electron chi connectivity index (χ1n) is 4.80. The summed E-state index contributed by atoms with van der Waals surface area (Å²) in [6.45, 7) is 0. The highest BCUT2D eigenvalue weighted by atomic mass is 32.2. The fraction of sp³-hybridized carbons (Fsp3) is 0.300. The lowest BCUT2D eigenvalue weighted by atomic mass is 10.2. The maximum absolute atomic E-state index is 11.7. The number of thiophene rings is 1. The smallest absolute Gasteiger partial charge is 0.332 e. The zero-order valence-electron chi connectivity index (χ0n) is 8.66. The molecule has 1 aromatic heterocycles. The lowest BCUT2D eigenvalue weighted by Gasteiger charge is -2.29. The fourth-order valence-electron chi connectivity index (χ4n) is 1.60. The fourth-order valence-corrected chi connectivity index (χ4v) is 3.13. The van der Waals surface area contributed by atoms with Gasteiger partial charge < -0.3 is 5.11 Å². The molecule has 0 saturated carbocycles. The SMILES string of the molecule is O=C(O)C(c1cccs1)N1C(=O)CSCC1=O. The minimum absolute atomic E-state index is 0.154. The topological polar surface area (TPSA) is 74.7 Å². The van der Waals surface area contributed by atoms with Crippen molar-refractivity contribution in [2.45, 2.75) is 6.04 Å². The van der Waals surface area contributed by atoms with Crippen molar-refractivity contribution in [1.82, 2.24) is 4.90 Å². The lowest BCUT2D eigenvalue weighted by molar-refractivity contribution is -0.156. The van der Waals surface area contributed by atoms with E-state index in [-0.39, 0.29) is 11.5 Å². The Morgan fingerprint density at radius 2 is 2.00 bits per heavy atom. The van der Waals surface area contributed by atoms with Gasteiger partial charge in [-0.25, -0.2) is 4.79 Å². The molecule has 1 N–H and O–H groups in total. The van der Waals surface area contributed by atoms with Crippen molar-refractivity contribution in [1.29, 1.82) is 0 Å². The predicted octanol–water partition coefficient (Wildman–Crippen LogP) is 0.976. The molecule has 1 atom stereocenters. The molecule has 90 valence electrons. The molecule has 2 heterocycles. The average molecular weight is 271 g/mol. The molecule has 7 heteroatoms. The molecule has 2 rings (SSSR count). The van der Waals surface area contributed by atoms with Crippen molar-refractivity contribution in [2.24, 2.45) is 0 Å². The first kappa shape index (κ1) is 12.1. The van der Waals surface area contributed by atoms with Crippen molar-refractivity contribution >= 4 is 40.9 Å². The number of nitrogens with zero attached hydrogens (tertiary/aromatic N) is 1. The monoisotopic (exact) mass is 271 g/mol. The van der Waals surface area contributed by atoms with Crippen LogP contribution in [0.3, 0.4) is 0 Å². The third-order valence-corrected chi connectivity index (χ3v) is 4.12. The lowest BCUT2D eigenvalue weighted by Crippen LogP contribution is -2.47. The van der Waals surface area contributed by atoms with Crippen LogP contribution >= 0.6 is 23.1 Å². The van der Waals surface area contributed by atoms with Crippen molar-refractivity contribution < 1.29 is 19.5 Å². The third kappa shape index (κ3) is 2.34. The highest BCUT2D eigenvalue weighted by Crippen LogP contribution is 2.28. The second kappa shape index (κ2) is 4.89. The number of imide groups is 1. The van der Waals surface area contributed by atoms with Crippen molar-refractivity contribution in [3.63, 3.8) is 0 Å². The standard InChI is InChI=1S/C10H9NO4S2/c12-7-4-16-5-8(13)11(7)9(10(14)15)6-2-1-3-17-6/h1-3,9H,4-5H2,(H,14,15). The minimum atomic E-state index is -1.18. The molecule has 0 aromatic carbocycles. The third-order valence-electron chi connectivity index (χ3n) is 2.29. The maximum atomic E-state index is 11.7. The minimum Gasteiger partial charge on any atom is -0.479 e. The van der Waals surface area contributed by atoms with Crippen LogP contribution in [0.15, 0.2) is 17.5 Å². The van der Waals surface area contributed by atoms with E-state index in [0.717, 1.165) is 4.90 Å². The van der Waals surface area contributed by atoms with Crippen LogP contribution in [0.25, 0.3) is 0 Å². The largest absolute Gasteiger partial charge is 0.479 e. The number of hydrogen-bond donors (Lipinski definition) is 1. The number of carbonyl (C=O) groups excluding carboxylic acids is 2. The van der Waals surface area contributed by atoms with Crippen LogP contribution in [-0.4, -0.2) is 39.3 Å². The normalized spacial score (nSPS) is 18.2. The molecule has 17 heavy (non-hydrogen) atoms. The van der Waals surface area contributed by atoms with Gasteiger partial charge in [0.05, 0.1) is 11.5 Å². The Bertz CT molecular complexity index is 441. The van der Waals surface area contributed by atoms with Gasteiger partial charge in [0.1, 0.15) is 0 Å². The van der Waals surface area contributed by atoms with E-state index >= 15 is 0 Å². The van der Waals surface area contributed by atoms with E-state index in [9.17, 15) is 19.5 Å². The Morgan fingerprint density at radius 3 is 2.47 bits per heavy atom. The maximum Gasteiger partial charge on any atom is 0.332 e. The number of carboxylic acids is 1. The Morgan fingerprint density at radius 1 is 1.35 bits per heavy atom. The number of rotatable bonds is 3. The average Bonchev–Trinajstić information content (AvgIpc) is 2.76. The summed E-state index contributed by atoms with van der Waals surface area (Å²) in [5.74, 6) is -1.75. The van der Waals surface area contributed by atoms with E-state index < -0.39 is 23.8 Å². The molecule has 1 saturated heterocycles. The molecule has 0 spiro atoms. The van der Waals surface area contributed by atoms with Crippen LogP contribution < -0.4 is 0 Å². The van der Waals surface area contributed by atoms with E-state index in [2.05, 4.69) is 0 Å². The molecule has 1 aliphatic heterocycles. The Labute approximate surface area is 105 Å². The van der Waals surface area contributed by atoms with Gasteiger partial charge in [0, 0.05) is 4.88 Å². The summed E-state index contributed by atoms with van der Waals surface area (Å²) in [5, 5.41) is 10.9. The van der Waals surface area contributed by atoms with Gasteiger partial charge in [0.25, 0.3) is 0 Å². The van der Waals surface area contributed by atoms with Gasteiger partial charge in [-0.3, -0.25) is 14.5 Å². The summed E-state index contributed by atoms with van der Waals surface area (Å²) in [6, 6.07) is 2.13. The van der Waals surface area contributed by atoms with Crippen LogP contribution in [0.5, 0.6) is 0 Å². The first-order valence-corrected chi connectivity index (χ1v) is 6.83. The van der Waals surface area contributed by atoms with Gasteiger partial charge in [0.2, 0.25) is 11.8 Å². The van der Waals surface area contributed by atoms with E-state index in [0.29, 0.717) is 4.88 Å². The molecule has 0 aliphatic carbocycles. The molecule has 0 bridgehead atoms. The second-order valence-corrected chi connectivity index (χ2v) is 5.37. The number of carboxylic acid groups (broad SMARTS) is 1. The summed E-state index contributed by atoms with van der Waals surface area (Å²) in [7, 11) is 0. The summed E-state index contributed by atoms with van der Waals surface area (Å²) in [6.07, 6.45) is 0. The number of carbonyl (C=O) groups is 3. The quantitative estimate of drug-likeness (QED) is 0.829. The molecule has 1 fully saturated rings. The van der Waals surface area contributed by atoms with Gasteiger partial charge in [-0.15, -0.1) is 23.1 Å². The van der Waals surface area contributed by atoms with Gasteiger partial charge in [0.15, 0.2) is 6.04 Å². The van der Waals surface area contributed by atoms with Crippen LogP contribution in [-0.2, 0) is 14.4 Å². The van der Waals surface area contributed by atoms with E-state index in [1.54, 1.807) is 17.5 Å². The second-order valence-electron chi connectivity index (χ2n) is 3.41. The van der Waals surface area contributed by atoms with Crippen molar-refractivity contribution in [2.75, 3.05) is 11.5 Å². The van der Waals surface area contributed by atoms with Gasteiger partial charge in [-0.05, 0) is 11.4 Å². The number of amides is 2. The molecule has 2 amide bonds. The van der Waals surface area contributed by atoms with Crippen molar-refractivity contribution in [3.8, 4) is 0 Å². The Hall–Kier alpha value is -1.34. The molecule has 1 unspecified atom stereocenters. The number of hydrogen-bond acceptors (Lipinski definition) is 5. The molecule has 5 nitrogen and oxygen atoms in total. The first-order chi connectivity index (χ1) is 8.11. The number of aliphatic carboxylic acids is 1. The van der Waals surface area contributed by atoms with Crippen LogP contribution in [0.2, 0.25) is 0 Å². The van der Waals surface area contributed by atoms with Crippen LogP contribution in [0, 0.1) is 0 Å². The zero-order chi connectivity index (χ0) is 12.4. The van der Waals surface area contributed by atoms with E-state index in [1.165, 1.54) is 23.1 Å². The molecular formula is C10H9NO4S2. The molecule has 1 aliphatic rings. The van der Waals surface area contributed by atoms with Crippen LogP contribution in [0.1, 0.15) is 10.9 Å². The summed E-state index contributed by atoms with van der Waals surface area (Å²) >= 11 is 2.43. The summed E-state index contributed by atoms with van der Waals surface area (Å²) in [4.78, 5) is 35.9. The molecule has 1 aromatic rings. The number of thioether (sulfide) groups is 1. The highest BCUT2D eigenvalue weighted by molar-refractivity contribution is 8.00.